The predicted octanol–water partition coefficient (Wildman–Crippen LogP) is -0.0750. The van der Waals surface area contributed by atoms with E-state index in [1.807, 2.05) is 24.3 Å². The number of primary amides is 1. The second-order valence-electron chi connectivity index (χ2n) is 3.87. The summed E-state index contributed by atoms with van der Waals surface area (Å²) in [4.78, 5) is 22.5. The third kappa shape index (κ3) is 1.77. The number of para-hydroxylation sites is 1. The Labute approximate surface area is 92.8 Å². The second kappa shape index (κ2) is 3.94. The maximum absolute atomic E-state index is 11.7. The number of carbonyl (C=O) groups excluding carboxylic acids is 2. The Morgan fingerprint density at radius 3 is 2.81 bits per heavy atom. The molecule has 0 saturated carbocycles. The van der Waals surface area contributed by atoms with Gasteiger partial charge in [-0.05, 0) is 18.1 Å². The monoisotopic (exact) mass is 219 g/mol. The van der Waals surface area contributed by atoms with Crippen molar-refractivity contribution in [3.8, 4) is 0 Å². The summed E-state index contributed by atoms with van der Waals surface area (Å²) < 4.78 is 0. The van der Waals surface area contributed by atoms with Crippen LogP contribution in [0.25, 0.3) is 0 Å². The van der Waals surface area contributed by atoms with E-state index in [0.29, 0.717) is 0 Å². The molecule has 0 fully saturated rings. The Hall–Kier alpha value is -1.88. The van der Waals surface area contributed by atoms with Gasteiger partial charge in [0, 0.05) is 5.69 Å². The number of nitrogens with two attached hydrogens (primary N) is 2. The highest BCUT2D eigenvalue weighted by molar-refractivity contribution is 6.03. The van der Waals surface area contributed by atoms with Crippen molar-refractivity contribution in [2.45, 2.75) is 18.4 Å². The normalized spacial score (nSPS) is 20.1. The number of hydrogen-bond donors (Lipinski definition) is 3. The summed E-state index contributed by atoms with van der Waals surface area (Å²) in [5, 5.41) is 2.75. The van der Waals surface area contributed by atoms with Gasteiger partial charge >= 0.3 is 0 Å². The van der Waals surface area contributed by atoms with Crippen molar-refractivity contribution in [2.75, 3.05) is 5.32 Å². The minimum atomic E-state index is -0.790. The van der Waals surface area contributed by atoms with Crippen LogP contribution in [0.5, 0.6) is 0 Å². The van der Waals surface area contributed by atoms with Crippen molar-refractivity contribution in [1.29, 1.82) is 0 Å². The average molecular weight is 219 g/mol. The van der Waals surface area contributed by atoms with Crippen LogP contribution in [0.15, 0.2) is 24.3 Å². The SMILES string of the molecule is NC(=O)[C@@H](N)CC1C(=O)Nc2ccccc21. The molecule has 5 nitrogen and oxygen atoms in total. The molecule has 1 aliphatic heterocycles. The molecule has 5 N–H and O–H groups in total. The summed E-state index contributed by atoms with van der Waals surface area (Å²) in [6.07, 6.45) is 0.248. The van der Waals surface area contributed by atoms with Crippen LogP contribution in [0.2, 0.25) is 0 Å². The molecule has 16 heavy (non-hydrogen) atoms. The summed E-state index contributed by atoms with van der Waals surface area (Å²) in [5.41, 5.74) is 12.3. The van der Waals surface area contributed by atoms with E-state index in [2.05, 4.69) is 5.32 Å². The zero-order valence-corrected chi connectivity index (χ0v) is 8.64. The number of hydrogen-bond acceptors (Lipinski definition) is 3. The van der Waals surface area contributed by atoms with Gasteiger partial charge in [0.1, 0.15) is 0 Å². The fraction of sp³-hybridized carbons (Fsp3) is 0.273. The second-order valence-corrected chi connectivity index (χ2v) is 3.87. The summed E-state index contributed by atoms with van der Waals surface area (Å²) in [6.45, 7) is 0. The lowest BCUT2D eigenvalue weighted by Crippen LogP contribution is -2.38. The smallest absolute Gasteiger partial charge is 0.234 e. The number of fused-ring (bicyclic) bond motifs is 1. The molecule has 1 unspecified atom stereocenters. The number of benzene rings is 1. The number of nitrogens with one attached hydrogen (secondary N) is 1. The van der Waals surface area contributed by atoms with E-state index in [4.69, 9.17) is 11.5 Å². The molecule has 0 spiro atoms. The van der Waals surface area contributed by atoms with E-state index in [1.54, 1.807) is 0 Å². The van der Waals surface area contributed by atoms with Crippen LogP contribution in [0.4, 0.5) is 5.69 Å². The van der Waals surface area contributed by atoms with Crippen molar-refractivity contribution in [3.05, 3.63) is 29.8 Å². The summed E-state index contributed by atoms with van der Waals surface area (Å²) >= 11 is 0. The first kappa shape index (κ1) is 10.6. The van der Waals surface area contributed by atoms with Gasteiger partial charge in [-0.1, -0.05) is 18.2 Å². The predicted molar refractivity (Wildman–Crippen MR) is 59.6 cm³/mol. The highest BCUT2D eigenvalue weighted by Crippen LogP contribution is 2.34. The van der Waals surface area contributed by atoms with Crippen LogP contribution in [-0.4, -0.2) is 17.9 Å². The first-order valence-corrected chi connectivity index (χ1v) is 5.04. The molecule has 1 aliphatic rings. The molecule has 0 aliphatic carbocycles. The first-order chi connectivity index (χ1) is 7.59. The van der Waals surface area contributed by atoms with Gasteiger partial charge in [-0.25, -0.2) is 0 Å². The van der Waals surface area contributed by atoms with Gasteiger partial charge in [0.25, 0.3) is 0 Å². The summed E-state index contributed by atoms with van der Waals surface area (Å²) in [5.74, 6) is -1.09. The molecular formula is C11H13N3O2. The number of rotatable bonds is 3. The molecule has 5 heteroatoms. The zero-order chi connectivity index (χ0) is 11.7. The van der Waals surface area contributed by atoms with Gasteiger partial charge < -0.3 is 16.8 Å². The third-order valence-corrected chi connectivity index (χ3v) is 2.77. The summed E-state index contributed by atoms with van der Waals surface area (Å²) in [7, 11) is 0. The van der Waals surface area contributed by atoms with E-state index in [9.17, 15) is 9.59 Å². The lowest BCUT2D eigenvalue weighted by Gasteiger charge is -2.12. The van der Waals surface area contributed by atoms with Crippen molar-refractivity contribution < 1.29 is 9.59 Å². The van der Waals surface area contributed by atoms with Gasteiger partial charge in [0.15, 0.2) is 0 Å². The quantitative estimate of drug-likeness (QED) is 0.663. The average Bonchev–Trinajstić information content (AvgIpc) is 2.55. The van der Waals surface area contributed by atoms with E-state index in [-0.39, 0.29) is 18.2 Å². The molecule has 1 aromatic rings. The highest BCUT2D eigenvalue weighted by Gasteiger charge is 2.32. The van der Waals surface area contributed by atoms with Gasteiger partial charge in [-0.2, -0.15) is 0 Å². The van der Waals surface area contributed by atoms with Crippen LogP contribution in [0.3, 0.4) is 0 Å². The summed E-state index contributed by atoms with van der Waals surface area (Å²) in [6, 6.07) is 6.58. The molecule has 0 aromatic heterocycles. The maximum atomic E-state index is 11.7. The number of carbonyl (C=O) groups is 2. The third-order valence-electron chi connectivity index (χ3n) is 2.77. The van der Waals surface area contributed by atoms with Crippen LogP contribution in [0, 0.1) is 0 Å². The Kier molecular flexibility index (Phi) is 2.62. The molecule has 2 amide bonds. The Morgan fingerprint density at radius 1 is 1.44 bits per heavy atom. The molecule has 2 rings (SSSR count). The van der Waals surface area contributed by atoms with Crippen molar-refractivity contribution >= 4 is 17.5 Å². The Balaban J connectivity index is 2.22. The van der Waals surface area contributed by atoms with Gasteiger partial charge in [0.2, 0.25) is 11.8 Å². The molecule has 2 atom stereocenters. The topological polar surface area (TPSA) is 98.2 Å². The van der Waals surface area contributed by atoms with E-state index >= 15 is 0 Å². The van der Waals surface area contributed by atoms with Crippen molar-refractivity contribution in [3.63, 3.8) is 0 Å². The van der Waals surface area contributed by atoms with Crippen molar-refractivity contribution in [1.82, 2.24) is 0 Å². The molecule has 84 valence electrons. The minimum Gasteiger partial charge on any atom is -0.368 e. The van der Waals surface area contributed by atoms with Crippen molar-refractivity contribution in [2.24, 2.45) is 11.5 Å². The Morgan fingerprint density at radius 2 is 2.12 bits per heavy atom. The Bertz CT molecular complexity index is 445. The van der Waals surface area contributed by atoms with Gasteiger partial charge in [0.05, 0.1) is 12.0 Å². The van der Waals surface area contributed by atoms with E-state index in [0.717, 1.165) is 11.3 Å². The zero-order valence-electron chi connectivity index (χ0n) is 8.64. The standard InChI is InChI=1S/C11H13N3O2/c12-8(10(13)15)5-7-6-3-1-2-4-9(6)14-11(7)16/h1-4,7-8H,5,12H2,(H2,13,15)(H,14,16)/t7?,8-/m0/s1. The number of anilines is 1. The van der Waals surface area contributed by atoms with E-state index < -0.39 is 11.9 Å². The minimum absolute atomic E-state index is 0.127. The van der Waals surface area contributed by atoms with E-state index in [1.165, 1.54) is 0 Å². The van der Waals surface area contributed by atoms with Crippen LogP contribution in [0.1, 0.15) is 17.9 Å². The van der Waals surface area contributed by atoms with Gasteiger partial charge in [-0.3, -0.25) is 9.59 Å². The fourth-order valence-electron chi connectivity index (χ4n) is 1.88. The molecule has 0 saturated heterocycles. The molecule has 0 bridgehead atoms. The fourth-order valence-corrected chi connectivity index (χ4v) is 1.88. The van der Waals surface area contributed by atoms with Crippen LogP contribution < -0.4 is 16.8 Å². The molecular weight excluding hydrogens is 206 g/mol. The highest BCUT2D eigenvalue weighted by atomic mass is 16.2. The number of amides is 2. The molecule has 1 aromatic carbocycles. The maximum Gasteiger partial charge on any atom is 0.234 e. The van der Waals surface area contributed by atoms with Gasteiger partial charge in [-0.15, -0.1) is 0 Å². The lowest BCUT2D eigenvalue weighted by molar-refractivity contribution is -0.120. The largest absolute Gasteiger partial charge is 0.368 e. The van der Waals surface area contributed by atoms with Crippen LogP contribution >= 0.6 is 0 Å². The lowest BCUT2D eigenvalue weighted by atomic mass is 9.93. The first-order valence-electron chi connectivity index (χ1n) is 5.04. The van der Waals surface area contributed by atoms with Crippen LogP contribution in [-0.2, 0) is 9.59 Å². The molecule has 0 radical (unpaired) electrons. The molecule has 1 heterocycles.